The average molecular weight is 435 g/mol. The molecule has 9 heteroatoms. The zero-order valence-electron chi connectivity index (χ0n) is 16.2. The highest BCUT2D eigenvalue weighted by Gasteiger charge is 2.23. The summed E-state index contributed by atoms with van der Waals surface area (Å²) in [4.78, 5) is 41.4. The van der Waals surface area contributed by atoms with Crippen LogP contribution in [-0.2, 0) is 0 Å². The van der Waals surface area contributed by atoms with Gasteiger partial charge in [0.15, 0.2) is 5.82 Å². The molecule has 0 radical (unpaired) electrons. The van der Waals surface area contributed by atoms with E-state index in [1.54, 1.807) is 36.4 Å². The summed E-state index contributed by atoms with van der Waals surface area (Å²) in [6.07, 6.45) is 0. The van der Waals surface area contributed by atoms with Crippen molar-refractivity contribution < 1.29 is 9.72 Å². The number of nitro groups is 1. The Morgan fingerprint density at radius 2 is 1.87 bits per heavy atom. The molecule has 8 nitrogen and oxygen atoms in total. The smallest absolute Gasteiger partial charge is 0.267 e. The number of halogens is 1. The first-order valence-electron chi connectivity index (χ1n) is 9.19. The van der Waals surface area contributed by atoms with Crippen molar-refractivity contribution >= 4 is 34.1 Å². The van der Waals surface area contributed by atoms with E-state index in [0.29, 0.717) is 16.5 Å². The van der Waals surface area contributed by atoms with Crippen molar-refractivity contribution in [2.45, 2.75) is 6.92 Å². The Hall–Kier alpha value is -4.04. The fourth-order valence-electron chi connectivity index (χ4n) is 3.23. The van der Waals surface area contributed by atoms with E-state index in [4.69, 9.17) is 11.6 Å². The van der Waals surface area contributed by atoms with Gasteiger partial charge in [-0.15, -0.1) is 0 Å². The molecule has 4 aromatic rings. The Labute approximate surface area is 180 Å². The summed E-state index contributed by atoms with van der Waals surface area (Å²) in [6, 6.07) is 17.6. The van der Waals surface area contributed by atoms with Gasteiger partial charge in [-0.25, -0.2) is 4.98 Å². The maximum Gasteiger partial charge on any atom is 0.282 e. The summed E-state index contributed by atoms with van der Waals surface area (Å²) in [5.74, 6) is -0.660. The van der Waals surface area contributed by atoms with Crippen molar-refractivity contribution in [1.29, 1.82) is 0 Å². The monoisotopic (exact) mass is 434 g/mol. The van der Waals surface area contributed by atoms with Crippen molar-refractivity contribution in [2.24, 2.45) is 0 Å². The highest BCUT2D eigenvalue weighted by Crippen LogP contribution is 2.24. The predicted molar refractivity (Wildman–Crippen MR) is 118 cm³/mol. The van der Waals surface area contributed by atoms with Crippen LogP contribution >= 0.6 is 11.6 Å². The first-order valence-corrected chi connectivity index (χ1v) is 9.57. The minimum atomic E-state index is -0.859. The van der Waals surface area contributed by atoms with Crippen molar-refractivity contribution in [3.63, 3.8) is 0 Å². The standard InChI is InChI=1S/C22H15ClN4O4/c1-13-5-4-6-14(11-13)20-24-18-8-3-2-7-16(18)22(29)26(20)25-21(28)17-12-15(23)9-10-19(17)27(30)31/h2-12H,1H3,(H,25,28). The Bertz CT molecular complexity index is 1410. The summed E-state index contributed by atoms with van der Waals surface area (Å²) in [6.45, 7) is 1.89. The molecule has 0 aliphatic carbocycles. The van der Waals surface area contributed by atoms with E-state index in [1.807, 2.05) is 19.1 Å². The third kappa shape index (κ3) is 3.88. The van der Waals surface area contributed by atoms with Gasteiger partial charge in [0.2, 0.25) is 0 Å². The number of carbonyl (C=O) groups is 1. The molecule has 1 aromatic heterocycles. The number of hydrogen-bond acceptors (Lipinski definition) is 5. The van der Waals surface area contributed by atoms with E-state index in [9.17, 15) is 19.7 Å². The number of amides is 1. The zero-order chi connectivity index (χ0) is 22.1. The molecule has 0 bridgehead atoms. The van der Waals surface area contributed by atoms with Crippen LogP contribution in [0.4, 0.5) is 5.69 Å². The SMILES string of the molecule is Cc1cccc(-c2nc3ccccc3c(=O)n2NC(=O)c2cc(Cl)ccc2[N+](=O)[O-])c1. The lowest BCUT2D eigenvalue weighted by Crippen LogP contribution is -2.35. The second-order valence-electron chi connectivity index (χ2n) is 6.82. The van der Waals surface area contributed by atoms with Gasteiger partial charge in [-0.1, -0.05) is 47.5 Å². The molecule has 3 aromatic carbocycles. The Balaban J connectivity index is 1.91. The van der Waals surface area contributed by atoms with Crippen LogP contribution < -0.4 is 11.0 Å². The number of aromatic nitrogens is 2. The number of nitrogens with zero attached hydrogens (tertiary/aromatic N) is 3. The van der Waals surface area contributed by atoms with Crippen molar-refractivity contribution in [2.75, 3.05) is 5.43 Å². The third-order valence-electron chi connectivity index (χ3n) is 4.67. The van der Waals surface area contributed by atoms with Gasteiger partial charge in [-0.3, -0.25) is 25.1 Å². The van der Waals surface area contributed by atoms with Crippen LogP contribution in [0.1, 0.15) is 15.9 Å². The number of carbonyl (C=O) groups excluding carboxylic acids is 1. The number of fused-ring (bicyclic) bond motifs is 1. The van der Waals surface area contributed by atoms with Gasteiger partial charge in [0.25, 0.3) is 17.2 Å². The van der Waals surface area contributed by atoms with Crippen LogP contribution in [-0.4, -0.2) is 20.5 Å². The Morgan fingerprint density at radius 1 is 1.10 bits per heavy atom. The molecule has 0 saturated heterocycles. The van der Waals surface area contributed by atoms with Crippen molar-refractivity contribution in [3.05, 3.63) is 103 Å². The lowest BCUT2D eigenvalue weighted by molar-refractivity contribution is -0.385. The van der Waals surface area contributed by atoms with Gasteiger partial charge in [0.1, 0.15) is 5.56 Å². The number of aryl methyl sites for hydroxylation is 1. The molecule has 0 saturated carbocycles. The number of para-hydroxylation sites is 1. The second kappa shape index (κ2) is 8.00. The number of rotatable bonds is 4. The largest absolute Gasteiger partial charge is 0.282 e. The highest BCUT2D eigenvalue weighted by molar-refractivity contribution is 6.31. The van der Waals surface area contributed by atoms with Crippen LogP contribution in [0.5, 0.6) is 0 Å². The Kier molecular flexibility index (Phi) is 5.22. The van der Waals surface area contributed by atoms with Gasteiger partial charge in [-0.05, 0) is 37.3 Å². The van der Waals surface area contributed by atoms with Crippen molar-refractivity contribution in [1.82, 2.24) is 9.66 Å². The quantitative estimate of drug-likeness (QED) is 0.380. The normalized spacial score (nSPS) is 10.8. The molecular formula is C22H15ClN4O4. The van der Waals surface area contributed by atoms with Gasteiger partial charge >= 0.3 is 0 Å². The van der Waals surface area contributed by atoms with E-state index in [2.05, 4.69) is 10.4 Å². The number of hydrogen-bond donors (Lipinski definition) is 1. The minimum absolute atomic E-state index is 0.152. The lowest BCUT2D eigenvalue weighted by Gasteiger charge is -2.15. The third-order valence-corrected chi connectivity index (χ3v) is 4.90. The van der Waals surface area contributed by atoms with Gasteiger partial charge in [-0.2, -0.15) is 4.68 Å². The molecule has 154 valence electrons. The predicted octanol–water partition coefficient (Wildman–Crippen LogP) is 4.32. The zero-order valence-corrected chi connectivity index (χ0v) is 17.0. The van der Waals surface area contributed by atoms with E-state index in [1.165, 1.54) is 12.1 Å². The molecule has 1 amide bonds. The van der Waals surface area contributed by atoms with Crippen LogP contribution in [0, 0.1) is 17.0 Å². The van der Waals surface area contributed by atoms with Gasteiger partial charge in [0.05, 0.1) is 15.8 Å². The molecule has 0 aliphatic heterocycles. The lowest BCUT2D eigenvalue weighted by atomic mass is 10.1. The average Bonchev–Trinajstić information content (AvgIpc) is 2.75. The minimum Gasteiger partial charge on any atom is -0.267 e. The maximum atomic E-state index is 13.2. The molecule has 1 N–H and O–H groups in total. The molecular weight excluding hydrogens is 420 g/mol. The van der Waals surface area contributed by atoms with E-state index in [-0.39, 0.29) is 16.4 Å². The van der Waals surface area contributed by atoms with Gasteiger partial charge < -0.3 is 0 Å². The van der Waals surface area contributed by atoms with E-state index >= 15 is 0 Å². The van der Waals surface area contributed by atoms with Crippen molar-refractivity contribution in [3.8, 4) is 11.4 Å². The highest BCUT2D eigenvalue weighted by atomic mass is 35.5. The first-order chi connectivity index (χ1) is 14.8. The molecule has 4 rings (SSSR count). The van der Waals surface area contributed by atoms with Crippen LogP contribution in [0.2, 0.25) is 5.02 Å². The number of benzene rings is 3. The summed E-state index contributed by atoms with van der Waals surface area (Å²) < 4.78 is 1.00. The molecule has 0 atom stereocenters. The topological polar surface area (TPSA) is 107 Å². The first kappa shape index (κ1) is 20.2. The van der Waals surface area contributed by atoms with Crippen LogP contribution in [0.3, 0.4) is 0 Å². The molecule has 31 heavy (non-hydrogen) atoms. The summed E-state index contributed by atoms with van der Waals surface area (Å²) in [5, 5.41) is 11.8. The Morgan fingerprint density at radius 3 is 2.61 bits per heavy atom. The van der Waals surface area contributed by atoms with E-state index in [0.717, 1.165) is 16.3 Å². The molecule has 1 heterocycles. The number of nitro benzene ring substituents is 1. The van der Waals surface area contributed by atoms with Crippen LogP contribution in [0.15, 0.2) is 71.5 Å². The molecule has 0 aliphatic rings. The summed E-state index contributed by atoms with van der Waals surface area (Å²) >= 11 is 5.94. The van der Waals surface area contributed by atoms with Crippen LogP contribution in [0.25, 0.3) is 22.3 Å². The summed E-state index contributed by atoms with van der Waals surface area (Å²) in [7, 11) is 0. The fourth-order valence-corrected chi connectivity index (χ4v) is 3.40. The number of nitrogens with one attached hydrogen (secondary N) is 1. The second-order valence-corrected chi connectivity index (χ2v) is 7.26. The molecule has 0 spiro atoms. The maximum absolute atomic E-state index is 13.2. The summed E-state index contributed by atoms with van der Waals surface area (Å²) in [5.41, 5.74) is 3.25. The van der Waals surface area contributed by atoms with Gasteiger partial charge in [0, 0.05) is 16.7 Å². The van der Waals surface area contributed by atoms with E-state index < -0.39 is 22.1 Å². The molecule has 0 unspecified atom stereocenters. The molecule has 0 fully saturated rings. The fraction of sp³-hybridized carbons (Fsp3) is 0.0455.